The van der Waals surface area contributed by atoms with E-state index in [9.17, 15) is 14.4 Å². The molecule has 3 aromatic rings. The molecule has 3 N–H and O–H groups in total. The minimum absolute atomic E-state index is 0.0630. The molecule has 0 unspecified atom stereocenters. The summed E-state index contributed by atoms with van der Waals surface area (Å²) in [6, 6.07) is 20.1. The SMILES string of the molecule is CC[C@@H](CC(=O)O)NC(=O)c1ccc(NC(=O)OCC2c3ccccc3-c3ccccc32)c(Cl)c1. The second-order valence-corrected chi connectivity index (χ2v) is 8.73. The molecule has 0 aromatic heterocycles. The zero-order valence-electron chi connectivity index (χ0n) is 19.1. The van der Waals surface area contributed by atoms with Gasteiger partial charge in [0.2, 0.25) is 0 Å². The topological polar surface area (TPSA) is 105 Å². The number of hydrogen-bond donors (Lipinski definition) is 3. The van der Waals surface area contributed by atoms with E-state index in [1.54, 1.807) is 6.92 Å². The molecule has 0 saturated carbocycles. The molecule has 7 nitrogen and oxygen atoms in total. The van der Waals surface area contributed by atoms with Crippen molar-refractivity contribution in [1.29, 1.82) is 0 Å². The number of ether oxygens (including phenoxy) is 1. The number of carboxylic acids is 1. The first-order valence-electron chi connectivity index (χ1n) is 11.3. The van der Waals surface area contributed by atoms with Gasteiger partial charge in [0.25, 0.3) is 5.91 Å². The number of nitrogens with one attached hydrogen (secondary N) is 2. The van der Waals surface area contributed by atoms with Crippen LogP contribution in [-0.4, -0.2) is 35.7 Å². The molecule has 2 amide bonds. The molecule has 8 heteroatoms. The lowest BCUT2D eigenvalue weighted by molar-refractivity contribution is -0.137. The van der Waals surface area contributed by atoms with E-state index in [0.29, 0.717) is 12.1 Å². The van der Waals surface area contributed by atoms with Gasteiger partial charge in [-0.1, -0.05) is 67.1 Å². The summed E-state index contributed by atoms with van der Waals surface area (Å²) in [6.45, 7) is 1.96. The van der Waals surface area contributed by atoms with Gasteiger partial charge in [0.05, 0.1) is 17.1 Å². The third-order valence-corrected chi connectivity index (χ3v) is 6.37. The second kappa shape index (κ2) is 10.6. The Morgan fingerprint density at radius 1 is 1.00 bits per heavy atom. The number of rotatable bonds is 8. The summed E-state index contributed by atoms with van der Waals surface area (Å²) in [5.41, 5.74) is 5.08. The van der Waals surface area contributed by atoms with Crippen molar-refractivity contribution < 1.29 is 24.2 Å². The Kier molecular flexibility index (Phi) is 7.36. The number of hydrogen-bond acceptors (Lipinski definition) is 4. The molecule has 0 bridgehead atoms. The summed E-state index contributed by atoms with van der Waals surface area (Å²) in [5, 5.41) is 14.4. The van der Waals surface area contributed by atoms with Gasteiger partial charge < -0.3 is 15.2 Å². The number of carbonyl (C=O) groups excluding carboxylic acids is 2. The fourth-order valence-corrected chi connectivity index (χ4v) is 4.51. The zero-order chi connectivity index (χ0) is 24.9. The number of halogens is 1. The molecule has 1 aliphatic rings. The molecule has 180 valence electrons. The fraction of sp³-hybridized carbons (Fsp3) is 0.222. The Morgan fingerprint density at radius 3 is 2.20 bits per heavy atom. The van der Waals surface area contributed by atoms with E-state index < -0.39 is 24.0 Å². The van der Waals surface area contributed by atoms with Crippen molar-refractivity contribution in [3.05, 3.63) is 88.4 Å². The summed E-state index contributed by atoms with van der Waals surface area (Å²) in [5.74, 6) is -1.49. The molecule has 1 atom stereocenters. The van der Waals surface area contributed by atoms with E-state index in [2.05, 4.69) is 22.8 Å². The van der Waals surface area contributed by atoms with Gasteiger partial charge in [-0.25, -0.2) is 4.79 Å². The number of carboxylic acid groups (broad SMARTS) is 1. The standard InChI is InChI=1S/C27H25ClN2O5/c1-2-17(14-25(31)32)29-26(33)16-11-12-24(23(28)13-16)30-27(34)35-15-22-20-9-5-3-7-18(20)19-8-4-6-10-21(19)22/h3-13,17,22H,2,14-15H2,1H3,(H,29,33)(H,30,34)(H,31,32)/t17-/m0/s1. The highest BCUT2D eigenvalue weighted by molar-refractivity contribution is 6.34. The predicted molar refractivity (Wildman–Crippen MR) is 134 cm³/mol. The Balaban J connectivity index is 1.38. The fourth-order valence-electron chi connectivity index (χ4n) is 4.28. The maximum Gasteiger partial charge on any atom is 0.411 e. The van der Waals surface area contributed by atoms with Gasteiger partial charge in [-0.05, 0) is 46.9 Å². The first-order chi connectivity index (χ1) is 16.9. The van der Waals surface area contributed by atoms with Crippen molar-refractivity contribution in [1.82, 2.24) is 5.32 Å². The molecule has 0 aliphatic heterocycles. The van der Waals surface area contributed by atoms with Crippen LogP contribution in [0.25, 0.3) is 11.1 Å². The van der Waals surface area contributed by atoms with Crippen molar-refractivity contribution >= 4 is 35.3 Å². The molecule has 0 heterocycles. The lowest BCUT2D eigenvalue weighted by Crippen LogP contribution is -2.36. The number of fused-ring (bicyclic) bond motifs is 3. The van der Waals surface area contributed by atoms with Crippen molar-refractivity contribution in [3.8, 4) is 11.1 Å². The number of anilines is 1. The van der Waals surface area contributed by atoms with Crippen LogP contribution in [0.4, 0.5) is 10.5 Å². The zero-order valence-corrected chi connectivity index (χ0v) is 19.8. The van der Waals surface area contributed by atoms with E-state index in [0.717, 1.165) is 22.3 Å². The summed E-state index contributed by atoms with van der Waals surface area (Å²) in [7, 11) is 0. The van der Waals surface area contributed by atoms with Crippen LogP contribution in [0.15, 0.2) is 66.7 Å². The molecule has 35 heavy (non-hydrogen) atoms. The normalized spacial score (nSPS) is 12.9. The maximum absolute atomic E-state index is 12.5. The molecule has 0 spiro atoms. The van der Waals surface area contributed by atoms with Crippen LogP contribution in [0, 0.1) is 0 Å². The lowest BCUT2D eigenvalue weighted by atomic mass is 9.98. The Bertz CT molecular complexity index is 1230. The van der Waals surface area contributed by atoms with Crippen LogP contribution in [0.3, 0.4) is 0 Å². The summed E-state index contributed by atoms with van der Waals surface area (Å²) < 4.78 is 5.54. The van der Waals surface area contributed by atoms with Gasteiger partial charge in [-0.15, -0.1) is 0 Å². The molecule has 4 rings (SSSR count). The third-order valence-electron chi connectivity index (χ3n) is 6.06. The predicted octanol–water partition coefficient (Wildman–Crippen LogP) is 5.68. The van der Waals surface area contributed by atoms with Gasteiger partial charge in [0, 0.05) is 17.5 Å². The molecular weight excluding hydrogens is 468 g/mol. The molecule has 0 saturated heterocycles. The third kappa shape index (κ3) is 5.46. The average molecular weight is 493 g/mol. The quantitative estimate of drug-likeness (QED) is 0.375. The number of carbonyl (C=O) groups is 3. The van der Waals surface area contributed by atoms with Gasteiger partial charge in [-0.3, -0.25) is 14.9 Å². The highest BCUT2D eigenvalue weighted by Gasteiger charge is 2.29. The van der Waals surface area contributed by atoms with Gasteiger partial charge >= 0.3 is 12.1 Å². The Hall–Kier alpha value is -3.84. The first-order valence-corrected chi connectivity index (χ1v) is 11.7. The van der Waals surface area contributed by atoms with Crippen LogP contribution in [0.1, 0.15) is 47.2 Å². The molecular formula is C27H25ClN2O5. The van der Waals surface area contributed by atoms with Crippen molar-refractivity contribution in [3.63, 3.8) is 0 Å². The maximum atomic E-state index is 12.5. The van der Waals surface area contributed by atoms with Gasteiger partial charge in [-0.2, -0.15) is 0 Å². The smallest absolute Gasteiger partial charge is 0.411 e. The summed E-state index contributed by atoms with van der Waals surface area (Å²) in [4.78, 5) is 35.9. The molecule has 3 aromatic carbocycles. The van der Waals surface area contributed by atoms with E-state index >= 15 is 0 Å². The van der Waals surface area contributed by atoms with Crippen LogP contribution < -0.4 is 10.6 Å². The largest absolute Gasteiger partial charge is 0.481 e. The molecule has 0 radical (unpaired) electrons. The van der Waals surface area contributed by atoms with E-state index in [-0.39, 0.29) is 29.5 Å². The molecule has 0 fully saturated rings. The highest BCUT2D eigenvalue weighted by Crippen LogP contribution is 2.44. The first kappa shape index (κ1) is 24.3. The molecule has 1 aliphatic carbocycles. The van der Waals surface area contributed by atoms with Crippen LogP contribution in [0.5, 0.6) is 0 Å². The van der Waals surface area contributed by atoms with Crippen molar-refractivity contribution in [2.45, 2.75) is 31.7 Å². The van der Waals surface area contributed by atoms with Crippen LogP contribution in [-0.2, 0) is 9.53 Å². The van der Waals surface area contributed by atoms with E-state index in [1.807, 2.05) is 36.4 Å². The Morgan fingerprint density at radius 2 is 1.63 bits per heavy atom. The average Bonchev–Trinajstić information content (AvgIpc) is 3.17. The second-order valence-electron chi connectivity index (χ2n) is 8.32. The minimum Gasteiger partial charge on any atom is -0.481 e. The number of aliphatic carboxylic acids is 1. The van der Waals surface area contributed by atoms with Gasteiger partial charge in [0.15, 0.2) is 0 Å². The monoisotopic (exact) mass is 492 g/mol. The van der Waals surface area contributed by atoms with Crippen LogP contribution in [0.2, 0.25) is 5.02 Å². The van der Waals surface area contributed by atoms with Gasteiger partial charge in [0.1, 0.15) is 6.61 Å². The number of amides is 2. The van der Waals surface area contributed by atoms with Crippen molar-refractivity contribution in [2.24, 2.45) is 0 Å². The van der Waals surface area contributed by atoms with E-state index in [1.165, 1.54) is 18.2 Å². The minimum atomic E-state index is -0.988. The Labute approximate surface area is 208 Å². The van der Waals surface area contributed by atoms with Crippen LogP contribution >= 0.6 is 11.6 Å². The highest BCUT2D eigenvalue weighted by atomic mass is 35.5. The number of benzene rings is 3. The lowest BCUT2D eigenvalue weighted by Gasteiger charge is -2.16. The van der Waals surface area contributed by atoms with E-state index in [4.69, 9.17) is 21.4 Å². The summed E-state index contributed by atoms with van der Waals surface area (Å²) >= 11 is 6.29. The van der Waals surface area contributed by atoms with Crippen molar-refractivity contribution in [2.75, 3.05) is 11.9 Å². The summed E-state index contributed by atoms with van der Waals surface area (Å²) in [6.07, 6.45) is -0.344.